The minimum absolute atomic E-state index is 0.369. The van der Waals surface area contributed by atoms with E-state index in [0.717, 1.165) is 68.9 Å². The molecule has 1 aromatic carbocycles. The van der Waals surface area contributed by atoms with Gasteiger partial charge in [0.05, 0.1) is 19.3 Å². The van der Waals surface area contributed by atoms with Gasteiger partial charge in [0.1, 0.15) is 5.75 Å². The van der Waals surface area contributed by atoms with Crippen LogP contribution in [0.3, 0.4) is 0 Å². The third-order valence-corrected chi connectivity index (χ3v) is 5.58. The van der Waals surface area contributed by atoms with Crippen molar-refractivity contribution in [2.45, 2.75) is 32.7 Å². The molecule has 8 nitrogen and oxygen atoms in total. The summed E-state index contributed by atoms with van der Waals surface area (Å²) >= 11 is 0. The molecule has 2 aromatic rings. The number of hydrogen-bond donors (Lipinski definition) is 2. The van der Waals surface area contributed by atoms with Gasteiger partial charge in [-0.25, -0.2) is 0 Å². The number of anilines is 1. The maximum Gasteiger partial charge on any atom is 0.191 e. The van der Waals surface area contributed by atoms with Gasteiger partial charge in [-0.3, -0.25) is 9.89 Å². The number of methoxy groups -OCH3 is 1. The number of nitrogens with one attached hydrogen (secondary N) is 2. The van der Waals surface area contributed by atoms with Crippen LogP contribution >= 0.6 is 0 Å². The number of piperazine rings is 1. The van der Waals surface area contributed by atoms with E-state index in [9.17, 15) is 0 Å². The van der Waals surface area contributed by atoms with Crippen molar-refractivity contribution in [3.63, 3.8) is 0 Å². The minimum atomic E-state index is 0.369. The van der Waals surface area contributed by atoms with Crippen LogP contribution in [0, 0.1) is 0 Å². The highest BCUT2D eigenvalue weighted by atomic mass is 16.5. The molecular weight excluding hydrogens is 392 g/mol. The molecule has 8 heteroatoms. The molecule has 3 rings (SSSR count). The Morgan fingerprint density at radius 3 is 2.52 bits per heavy atom. The highest BCUT2D eigenvalue weighted by Gasteiger charge is 2.17. The molecule has 2 heterocycles. The first-order chi connectivity index (χ1) is 15.1. The number of guanidine groups is 1. The average molecular weight is 429 g/mol. The SMILES string of the molecule is CN=C(NCCCN1CCN(c2ccc(OC)cc2)CC1)NCc1cc(C(C)C)no1. The van der Waals surface area contributed by atoms with E-state index in [1.807, 2.05) is 18.2 Å². The Kier molecular flexibility index (Phi) is 8.58. The number of aromatic nitrogens is 1. The molecule has 0 spiro atoms. The van der Waals surface area contributed by atoms with E-state index in [1.54, 1.807) is 14.2 Å². The Morgan fingerprint density at radius 2 is 1.90 bits per heavy atom. The van der Waals surface area contributed by atoms with Gasteiger partial charge in [0.2, 0.25) is 0 Å². The molecule has 170 valence electrons. The van der Waals surface area contributed by atoms with Crippen LogP contribution < -0.4 is 20.3 Å². The molecule has 1 aromatic heterocycles. The second-order valence-electron chi connectivity index (χ2n) is 8.11. The molecule has 0 bridgehead atoms. The highest BCUT2D eigenvalue weighted by Crippen LogP contribution is 2.20. The standard InChI is InChI=1S/C23H36N6O2/c1-18(2)22-16-21(31-27-22)17-26-23(24-3)25-10-5-11-28-12-14-29(15-13-28)19-6-8-20(30-4)9-7-19/h6-9,16,18H,5,10-15,17H2,1-4H3,(H2,24,25,26). The largest absolute Gasteiger partial charge is 0.497 e. The Bertz CT molecular complexity index is 810. The van der Waals surface area contributed by atoms with Crippen molar-refractivity contribution in [2.75, 3.05) is 58.3 Å². The second-order valence-corrected chi connectivity index (χ2v) is 8.11. The zero-order chi connectivity index (χ0) is 22.1. The summed E-state index contributed by atoms with van der Waals surface area (Å²) in [5.41, 5.74) is 2.25. The highest BCUT2D eigenvalue weighted by molar-refractivity contribution is 5.79. The van der Waals surface area contributed by atoms with Gasteiger partial charge in [0.25, 0.3) is 0 Å². The van der Waals surface area contributed by atoms with Gasteiger partial charge in [-0.05, 0) is 43.1 Å². The summed E-state index contributed by atoms with van der Waals surface area (Å²) in [4.78, 5) is 9.25. The molecule has 1 saturated heterocycles. The third kappa shape index (κ3) is 6.89. The number of rotatable bonds is 9. The van der Waals surface area contributed by atoms with E-state index in [1.165, 1.54) is 5.69 Å². The fourth-order valence-corrected chi connectivity index (χ4v) is 3.61. The van der Waals surface area contributed by atoms with Gasteiger partial charge in [-0.2, -0.15) is 0 Å². The first-order valence-corrected chi connectivity index (χ1v) is 11.1. The Balaban J connectivity index is 1.31. The van der Waals surface area contributed by atoms with Crippen molar-refractivity contribution < 1.29 is 9.26 Å². The van der Waals surface area contributed by atoms with Crippen LogP contribution in [-0.2, 0) is 6.54 Å². The molecule has 2 N–H and O–H groups in total. The summed E-state index contributed by atoms with van der Waals surface area (Å²) in [5, 5.41) is 10.8. The van der Waals surface area contributed by atoms with Crippen molar-refractivity contribution in [3.05, 3.63) is 41.8 Å². The molecule has 0 atom stereocenters. The molecule has 0 amide bonds. The monoisotopic (exact) mass is 428 g/mol. The lowest BCUT2D eigenvalue weighted by Gasteiger charge is -2.36. The van der Waals surface area contributed by atoms with Crippen LogP contribution in [0.25, 0.3) is 0 Å². The number of aliphatic imine (C=N–C) groups is 1. The van der Waals surface area contributed by atoms with Crippen LogP contribution in [0.1, 0.15) is 37.6 Å². The quantitative estimate of drug-likeness (QED) is 0.361. The molecule has 1 aliphatic rings. The maximum atomic E-state index is 5.37. The van der Waals surface area contributed by atoms with Crippen LogP contribution in [0.4, 0.5) is 5.69 Å². The number of nitrogens with zero attached hydrogens (tertiary/aromatic N) is 4. The zero-order valence-electron chi connectivity index (χ0n) is 19.2. The normalized spacial score (nSPS) is 15.4. The molecule has 0 saturated carbocycles. The molecule has 0 radical (unpaired) electrons. The van der Waals surface area contributed by atoms with Crippen molar-refractivity contribution >= 4 is 11.6 Å². The van der Waals surface area contributed by atoms with Crippen LogP contribution in [0.15, 0.2) is 39.8 Å². The van der Waals surface area contributed by atoms with E-state index in [2.05, 4.69) is 56.6 Å². The van der Waals surface area contributed by atoms with E-state index >= 15 is 0 Å². The molecule has 0 aliphatic carbocycles. The van der Waals surface area contributed by atoms with Crippen molar-refractivity contribution in [3.8, 4) is 5.75 Å². The second kappa shape index (κ2) is 11.6. The number of hydrogen-bond acceptors (Lipinski definition) is 6. The van der Waals surface area contributed by atoms with E-state index in [0.29, 0.717) is 12.5 Å². The molecular formula is C23H36N6O2. The number of ether oxygens (including phenoxy) is 1. The van der Waals surface area contributed by atoms with Gasteiger partial charge in [0.15, 0.2) is 11.7 Å². The fourth-order valence-electron chi connectivity index (χ4n) is 3.61. The summed E-state index contributed by atoms with van der Waals surface area (Å²) in [6, 6.07) is 10.3. The Hall–Kier alpha value is -2.74. The predicted octanol–water partition coefficient (Wildman–Crippen LogP) is 2.68. The van der Waals surface area contributed by atoms with E-state index in [4.69, 9.17) is 9.26 Å². The van der Waals surface area contributed by atoms with Gasteiger partial charge < -0.3 is 24.8 Å². The number of benzene rings is 1. The molecule has 31 heavy (non-hydrogen) atoms. The first-order valence-electron chi connectivity index (χ1n) is 11.1. The fraction of sp³-hybridized carbons (Fsp3) is 0.565. The van der Waals surface area contributed by atoms with Gasteiger partial charge in [0, 0.05) is 51.5 Å². The van der Waals surface area contributed by atoms with Crippen LogP contribution in [0.5, 0.6) is 5.75 Å². The smallest absolute Gasteiger partial charge is 0.191 e. The zero-order valence-corrected chi connectivity index (χ0v) is 19.2. The molecule has 1 aliphatic heterocycles. The first kappa shape index (κ1) is 22.9. The van der Waals surface area contributed by atoms with Gasteiger partial charge in [-0.1, -0.05) is 19.0 Å². The summed E-state index contributed by atoms with van der Waals surface area (Å²) in [7, 11) is 3.49. The third-order valence-electron chi connectivity index (χ3n) is 5.58. The molecule has 1 fully saturated rings. The molecule has 0 unspecified atom stereocenters. The Morgan fingerprint density at radius 1 is 1.16 bits per heavy atom. The average Bonchev–Trinajstić information content (AvgIpc) is 3.29. The predicted molar refractivity (Wildman–Crippen MR) is 125 cm³/mol. The lowest BCUT2D eigenvalue weighted by molar-refractivity contribution is 0.255. The lowest BCUT2D eigenvalue weighted by Crippen LogP contribution is -2.47. The lowest BCUT2D eigenvalue weighted by atomic mass is 10.1. The van der Waals surface area contributed by atoms with Crippen LogP contribution in [-0.4, -0.2) is 69.4 Å². The maximum absolute atomic E-state index is 5.37. The van der Waals surface area contributed by atoms with Gasteiger partial charge in [-0.15, -0.1) is 0 Å². The van der Waals surface area contributed by atoms with Gasteiger partial charge >= 0.3 is 0 Å². The summed E-state index contributed by atoms with van der Waals surface area (Å²) < 4.78 is 10.6. The summed E-state index contributed by atoms with van der Waals surface area (Å²) in [6.07, 6.45) is 1.07. The van der Waals surface area contributed by atoms with Crippen molar-refractivity contribution in [1.82, 2.24) is 20.7 Å². The topological polar surface area (TPSA) is 78.2 Å². The minimum Gasteiger partial charge on any atom is -0.497 e. The van der Waals surface area contributed by atoms with Crippen molar-refractivity contribution in [1.29, 1.82) is 0 Å². The van der Waals surface area contributed by atoms with E-state index < -0.39 is 0 Å². The summed E-state index contributed by atoms with van der Waals surface area (Å²) in [6.45, 7) is 11.0. The van der Waals surface area contributed by atoms with E-state index in [-0.39, 0.29) is 0 Å². The van der Waals surface area contributed by atoms with Crippen LogP contribution in [0.2, 0.25) is 0 Å². The summed E-state index contributed by atoms with van der Waals surface area (Å²) in [5.74, 6) is 2.88. The Labute approximate surface area is 185 Å². The van der Waals surface area contributed by atoms with Crippen molar-refractivity contribution in [2.24, 2.45) is 4.99 Å².